The molecule has 1 N–H and O–H groups in total. The number of allylic oxidation sites excluding steroid dienone is 1. The van der Waals surface area contributed by atoms with E-state index in [-0.39, 0.29) is 17.9 Å². The first-order chi connectivity index (χ1) is 12.6. The Morgan fingerprint density at radius 2 is 2.12 bits per heavy atom. The van der Waals surface area contributed by atoms with E-state index in [1.165, 1.54) is 5.57 Å². The van der Waals surface area contributed by atoms with Gasteiger partial charge in [0, 0.05) is 19.0 Å². The maximum absolute atomic E-state index is 11.1. The number of carboxylic acids is 1. The monoisotopic (exact) mass is 355 g/mol. The van der Waals surface area contributed by atoms with Crippen molar-refractivity contribution in [2.45, 2.75) is 19.4 Å². The van der Waals surface area contributed by atoms with Gasteiger partial charge in [-0.05, 0) is 36.6 Å². The molecule has 4 unspecified atom stereocenters. The number of hydrogen-bond donors (Lipinski definition) is 1. The molecule has 26 heavy (non-hydrogen) atoms. The summed E-state index contributed by atoms with van der Waals surface area (Å²) in [5.41, 5.74) is 1.26. The smallest absolute Gasteiger partial charge is 0.307 e. The second-order valence-corrected chi connectivity index (χ2v) is 7.51. The molecule has 138 valence electrons. The molecule has 5 heteroatoms. The van der Waals surface area contributed by atoms with E-state index in [4.69, 9.17) is 14.6 Å². The quantitative estimate of drug-likeness (QED) is 0.900. The van der Waals surface area contributed by atoms with Gasteiger partial charge in [-0.15, -0.1) is 0 Å². The van der Waals surface area contributed by atoms with Gasteiger partial charge in [-0.25, -0.2) is 0 Å². The Morgan fingerprint density at radius 1 is 1.31 bits per heavy atom. The van der Waals surface area contributed by atoms with Crippen molar-refractivity contribution in [3.63, 3.8) is 0 Å². The fraction of sp³-hybridized carbons (Fsp3) is 0.476. The number of rotatable bonds is 4. The van der Waals surface area contributed by atoms with Crippen LogP contribution in [0.1, 0.15) is 13.3 Å². The fourth-order valence-electron chi connectivity index (χ4n) is 4.14. The summed E-state index contributed by atoms with van der Waals surface area (Å²) in [6.45, 7) is 5.10. The number of nitrogens with zero attached hydrogens (tertiary/aromatic N) is 1. The van der Waals surface area contributed by atoms with E-state index >= 15 is 0 Å². The van der Waals surface area contributed by atoms with Crippen LogP contribution in [0.4, 0.5) is 0 Å². The summed E-state index contributed by atoms with van der Waals surface area (Å²) in [4.78, 5) is 13.4. The number of ether oxygens (including phenoxy) is 2. The molecule has 3 aliphatic rings. The predicted octanol–water partition coefficient (Wildman–Crippen LogP) is 2.98. The Morgan fingerprint density at radius 3 is 2.85 bits per heavy atom. The lowest BCUT2D eigenvalue weighted by atomic mass is 9.83. The molecule has 4 rings (SSSR count). The van der Waals surface area contributed by atoms with E-state index in [0.29, 0.717) is 19.1 Å². The van der Waals surface area contributed by atoms with Crippen LogP contribution in [0.25, 0.3) is 0 Å². The average molecular weight is 355 g/mol. The molecule has 1 aromatic carbocycles. The third-order valence-corrected chi connectivity index (χ3v) is 5.60. The summed E-state index contributed by atoms with van der Waals surface area (Å²) in [7, 11) is 0. The molecule has 0 saturated carbocycles. The highest BCUT2D eigenvalue weighted by Gasteiger charge is 2.33. The average Bonchev–Trinajstić information content (AvgIpc) is 3.10. The van der Waals surface area contributed by atoms with Crippen molar-refractivity contribution < 1.29 is 19.4 Å². The fourth-order valence-corrected chi connectivity index (χ4v) is 4.14. The molecule has 0 aromatic heterocycles. The van der Waals surface area contributed by atoms with Crippen LogP contribution in [0.15, 0.2) is 48.1 Å². The number of para-hydroxylation sites is 2. The molecule has 2 aliphatic heterocycles. The summed E-state index contributed by atoms with van der Waals surface area (Å²) >= 11 is 0. The van der Waals surface area contributed by atoms with Gasteiger partial charge in [0.1, 0.15) is 12.7 Å². The lowest BCUT2D eigenvalue weighted by molar-refractivity contribution is -0.141. The van der Waals surface area contributed by atoms with Crippen molar-refractivity contribution in [2.75, 3.05) is 26.2 Å². The van der Waals surface area contributed by atoms with Crippen LogP contribution >= 0.6 is 0 Å². The molecule has 2 heterocycles. The maximum atomic E-state index is 11.1. The van der Waals surface area contributed by atoms with Crippen LogP contribution in [0, 0.1) is 17.8 Å². The van der Waals surface area contributed by atoms with Gasteiger partial charge in [-0.2, -0.15) is 0 Å². The standard InChI is InChI=1S/C21H25NO4/c1-14-10-15(11-22-9-8-16(12-22)21(23)24)6-7-17(14)20-13-25-18-4-2-3-5-19(18)26-20/h2-7,10,14,16-17,20H,8-9,11-13H2,1H3,(H,23,24). The Kier molecular flexibility index (Phi) is 4.72. The first-order valence-corrected chi connectivity index (χ1v) is 9.32. The van der Waals surface area contributed by atoms with E-state index < -0.39 is 5.97 Å². The minimum absolute atomic E-state index is 0.0112. The third kappa shape index (κ3) is 3.49. The lowest BCUT2D eigenvalue weighted by Gasteiger charge is -2.34. The highest BCUT2D eigenvalue weighted by atomic mass is 16.6. The zero-order valence-corrected chi connectivity index (χ0v) is 15.0. The second kappa shape index (κ2) is 7.16. The maximum Gasteiger partial charge on any atom is 0.307 e. The minimum atomic E-state index is -0.677. The van der Waals surface area contributed by atoms with Crippen molar-refractivity contribution in [1.29, 1.82) is 0 Å². The number of aliphatic carboxylic acids is 1. The van der Waals surface area contributed by atoms with Crippen LogP contribution in [0.2, 0.25) is 0 Å². The highest BCUT2D eigenvalue weighted by molar-refractivity contribution is 5.70. The molecular formula is C21H25NO4. The molecule has 5 nitrogen and oxygen atoms in total. The van der Waals surface area contributed by atoms with Gasteiger partial charge in [0.05, 0.1) is 5.92 Å². The molecule has 1 saturated heterocycles. The zero-order chi connectivity index (χ0) is 18.1. The number of carboxylic acid groups (broad SMARTS) is 1. The molecule has 1 aliphatic carbocycles. The van der Waals surface area contributed by atoms with Crippen molar-refractivity contribution >= 4 is 5.97 Å². The second-order valence-electron chi connectivity index (χ2n) is 7.51. The van der Waals surface area contributed by atoms with Crippen molar-refractivity contribution in [1.82, 2.24) is 4.90 Å². The molecule has 0 amide bonds. The summed E-state index contributed by atoms with van der Waals surface area (Å²) in [6.07, 6.45) is 7.45. The van der Waals surface area contributed by atoms with E-state index in [1.54, 1.807) is 0 Å². The normalized spacial score (nSPS) is 30.9. The highest BCUT2D eigenvalue weighted by Crippen LogP contribution is 2.36. The lowest BCUT2D eigenvalue weighted by Crippen LogP contribution is -2.38. The number of benzene rings is 1. The molecule has 0 spiro atoms. The number of fused-ring (bicyclic) bond motifs is 1. The van der Waals surface area contributed by atoms with Gasteiger partial charge in [0.25, 0.3) is 0 Å². The molecule has 1 aromatic rings. The number of likely N-dealkylation sites (tertiary alicyclic amines) is 1. The van der Waals surface area contributed by atoms with Crippen molar-refractivity contribution in [3.8, 4) is 11.5 Å². The Labute approximate surface area is 153 Å². The minimum Gasteiger partial charge on any atom is -0.486 e. The molecule has 0 radical (unpaired) electrons. The van der Waals surface area contributed by atoms with Gasteiger partial charge in [-0.1, -0.05) is 37.3 Å². The predicted molar refractivity (Wildman–Crippen MR) is 98.4 cm³/mol. The van der Waals surface area contributed by atoms with Crippen LogP contribution < -0.4 is 9.47 Å². The Balaban J connectivity index is 1.37. The van der Waals surface area contributed by atoms with Gasteiger partial charge < -0.3 is 14.6 Å². The first-order valence-electron chi connectivity index (χ1n) is 9.32. The molecule has 4 atom stereocenters. The third-order valence-electron chi connectivity index (χ3n) is 5.60. The summed E-state index contributed by atoms with van der Waals surface area (Å²) in [6, 6.07) is 7.80. The van der Waals surface area contributed by atoms with E-state index in [2.05, 4.69) is 30.1 Å². The van der Waals surface area contributed by atoms with Crippen molar-refractivity contribution in [3.05, 3.63) is 48.1 Å². The van der Waals surface area contributed by atoms with Crippen LogP contribution in [-0.4, -0.2) is 48.3 Å². The SMILES string of the molecule is CC1C=C(CN2CCC(C(=O)O)C2)C=CC1C1COc2ccccc2O1. The first kappa shape index (κ1) is 17.2. The Hall–Kier alpha value is -2.27. The van der Waals surface area contributed by atoms with Gasteiger partial charge in [0.15, 0.2) is 11.5 Å². The van der Waals surface area contributed by atoms with E-state index in [1.807, 2.05) is 24.3 Å². The largest absolute Gasteiger partial charge is 0.486 e. The molecular weight excluding hydrogens is 330 g/mol. The summed E-state index contributed by atoms with van der Waals surface area (Å²) in [5, 5.41) is 9.15. The van der Waals surface area contributed by atoms with Gasteiger partial charge >= 0.3 is 5.97 Å². The summed E-state index contributed by atoms with van der Waals surface area (Å²) in [5.74, 6) is 1.36. The topological polar surface area (TPSA) is 59.0 Å². The number of carbonyl (C=O) groups is 1. The van der Waals surface area contributed by atoms with E-state index in [9.17, 15) is 4.79 Å². The molecule has 0 bridgehead atoms. The van der Waals surface area contributed by atoms with Crippen molar-refractivity contribution in [2.24, 2.45) is 17.8 Å². The Bertz CT molecular complexity index is 741. The summed E-state index contributed by atoms with van der Waals surface area (Å²) < 4.78 is 12.0. The van der Waals surface area contributed by atoms with E-state index in [0.717, 1.165) is 31.0 Å². The van der Waals surface area contributed by atoms with Gasteiger partial charge in [-0.3, -0.25) is 9.69 Å². The van der Waals surface area contributed by atoms with Crippen LogP contribution in [0.5, 0.6) is 11.5 Å². The van der Waals surface area contributed by atoms with Crippen LogP contribution in [-0.2, 0) is 4.79 Å². The zero-order valence-electron chi connectivity index (χ0n) is 15.0. The number of hydrogen-bond acceptors (Lipinski definition) is 4. The van der Waals surface area contributed by atoms with Crippen LogP contribution in [0.3, 0.4) is 0 Å². The molecule has 1 fully saturated rings. The van der Waals surface area contributed by atoms with Gasteiger partial charge in [0.2, 0.25) is 0 Å².